The first-order chi connectivity index (χ1) is 5.66. The monoisotopic (exact) mass is 167 g/mol. The van der Waals surface area contributed by atoms with Gasteiger partial charge in [0.2, 0.25) is 0 Å². The Balaban J connectivity index is 2.79. The molecule has 0 bridgehead atoms. The summed E-state index contributed by atoms with van der Waals surface area (Å²) >= 11 is 0. The van der Waals surface area contributed by atoms with Crippen molar-refractivity contribution in [3.63, 3.8) is 0 Å². The Morgan fingerprint density at radius 3 is 2.50 bits per heavy atom. The maximum absolute atomic E-state index is 5.84. The minimum absolute atomic E-state index is 0.820. The van der Waals surface area contributed by atoms with Gasteiger partial charge in [-0.25, -0.2) is 4.68 Å². The van der Waals surface area contributed by atoms with Crippen molar-refractivity contribution in [2.45, 2.75) is 40.2 Å². The summed E-state index contributed by atoms with van der Waals surface area (Å²) in [6.45, 7) is 7.12. The van der Waals surface area contributed by atoms with E-state index in [0.29, 0.717) is 0 Å². The highest BCUT2D eigenvalue weighted by Gasteiger charge is 2.06. The summed E-state index contributed by atoms with van der Waals surface area (Å²) in [5.74, 6) is 0.820. The molecule has 1 aromatic heterocycles. The number of nitrogen functional groups attached to an aromatic ring is 1. The molecule has 0 saturated carbocycles. The van der Waals surface area contributed by atoms with E-state index in [1.165, 1.54) is 6.42 Å². The standard InChI is InChI=1S/C9H17N3/c1-4-5-6-12-9(10)7(2)8(3)11-12/h4-6,10H2,1-3H3. The molecule has 3 heteroatoms. The van der Waals surface area contributed by atoms with E-state index in [1.807, 2.05) is 18.5 Å². The van der Waals surface area contributed by atoms with Crippen LogP contribution in [-0.2, 0) is 6.54 Å². The molecule has 68 valence electrons. The number of hydrogen-bond acceptors (Lipinski definition) is 2. The van der Waals surface area contributed by atoms with Gasteiger partial charge in [0.15, 0.2) is 0 Å². The lowest BCUT2D eigenvalue weighted by atomic mass is 10.3. The van der Waals surface area contributed by atoms with Crippen LogP contribution in [0.3, 0.4) is 0 Å². The number of nitrogens with zero attached hydrogens (tertiary/aromatic N) is 2. The zero-order valence-corrected chi connectivity index (χ0v) is 8.09. The van der Waals surface area contributed by atoms with Crippen molar-refractivity contribution < 1.29 is 0 Å². The van der Waals surface area contributed by atoms with Gasteiger partial charge >= 0.3 is 0 Å². The molecule has 1 aromatic rings. The Labute approximate surface area is 73.6 Å². The SMILES string of the molecule is CCCCn1nc(C)c(C)c1N. The lowest BCUT2D eigenvalue weighted by molar-refractivity contribution is 0.575. The van der Waals surface area contributed by atoms with Crippen molar-refractivity contribution in [3.8, 4) is 0 Å². The third-order valence-electron chi connectivity index (χ3n) is 2.20. The van der Waals surface area contributed by atoms with Crippen LogP contribution in [0.1, 0.15) is 31.0 Å². The summed E-state index contributed by atoms with van der Waals surface area (Å²) in [4.78, 5) is 0. The quantitative estimate of drug-likeness (QED) is 0.747. The van der Waals surface area contributed by atoms with E-state index in [9.17, 15) is 0 Å². The third-order valence-corrected chi connectivity index (χ3v) is 2.20. The fourth-order valence-electron chi connectivity index (χ4n) is 1.17. The normalized spacial score (nSPS) is 10.6. The maximum atomic E-state index is 5.84. The summed E-state index contributed by atoms with van der Waals surface area (Å²) in [6, 6.07) is 0. The number of aromatic nitrogens is 2. The average Bonchev–Trinajstić information content (AvgIpc) is 2.30. The second kappa shape index (κ2) is 3.61. The Morgan fingerprint density at radius 2 is 2.08 bits per heavy atom. The van der Waals surface area contributed by atoms with Gasteiger partial charge in [-0.3, -0.25) is 0 Å². The van der Waals surface area contributed by atoms with Gasteiger partial charge in [-0.15, -0.1) is 0 Å². The molecule has 0 spiro atoms. The molecule has 3 nitrogen and oxygen atoms in total. The Bertz CT molecular complexity index is 263. The minimum Gasteiger partial charge on any atom is -0.384 e. The van der Waals surface area contributed by atoms with Gasteiger partial charge in [0.1, 0.15) is 5.82 Å². The fourth-order valence-corrected chi connectivity index (χ4v) is 1.17. The third kappa shape index (κ3) is 1.60. The van der Waals surface area contributed by atoms with Crippen LogP contribution < -0.4 is 5.73 Å². The van der Waals surface area contributed by atoms with Crippen LogP contribution in [0.25, 0.3) is 0 Å². The minimum atomic E-state index is 0.820. The molecule has 0 radical (unpaired) electrons. The van der Waals surface area contributed by atoms with Crippen LogP contribution in [0.5, 0.6) is 0 Å². The van der Waals surface area contributed by atoms with Crippen molar-refractivity contribution in [2.75, 3.05) is 5.73 Å². The Hall–Kier alpha value is -0.990. The first-order valence-corrected chi connectivity index (χ1v) is 4.46. The second-order valence-corrected chi connectivity index (χ2v) is 3.17. The largest absolute Gasteiger partial charge is 0.384 e. The van der Waals surface area contributed by atoms with Crippen molar-refractivity contribution in [1.29, 1.82) is 0 Å². The fraction of sp³-hybridized carbons (Fsp3) is 0.667. The molecule has 12 heavy (non-hydrogen) atoms. The number of nitrogens with two attached hydrogens (primary N) is 1. The van der Waals surface area contributed by atoms with E-state index in [4.69, 9.17) is 5.73 Å². The molecule has 0 aliphatic carbocycles. The van der Waals surface area contributed by atoms with Crippen LogP contribution in [-0.4, -0.2) is 9.78 Å². The van der Waals surface area contributed by atoms with Crippen molar-refractivity contribution in [2.24, 2.45) is 0 Å². The highest BCUT2D eigenvalue weighted by atomic mass is 15.3. The number of unbranched alkanes of at least 4 members (excludes halogenated alkanes) is 1. The molecule has 2 N–H and O–H groups in total. The molecule has 0 aliphatic rings. The highest BCUT2D eigenvalue weighted by Crippen LogP contribution is 2.14. The lowest BCUT2D eigenvalue weighted by Gasteiger charge is -2.01. The van der Waals surface area contributed by atoms with Crippen LogP contribution >= 0.6 is 0 Å². The van der Waals surface area contributed by atoms with Crippen LogP contribution in [0.15, 0.2) is 0 Å². The van der Waals surface area contributed by atoms with E-state index in [1.54, 1.807) is 0 Å². The number of aryl methyl sites for hydroxylation is 2. The zero-order chi connectivity index (χ0) is 9.14. The first-order valence-electron chi connectivity index (χ1n) is 4.46. The Kier molecular flexibility index (Phi) is 2.74. The molecule has 1 heterocycles. The van der Waals surface area contributed by atoms with E-state index < -0.39 is 0 Å². The van der Waals surface area contributed by atoms with E-state index in [2.05, 4.69) is 12.0 Å². The Morgan fingerprint density at radius 1 is 1.42 bits per heavy atom. The van der Waals surface area contributed by atoms with Crippen LogP contribution in [0.4, 0.5) is 5.82 Å². The van der Waals surface area contributed by atoms with E-state index in [-0.39, 0.29) is 0 Å². The smallest absolute Gasteiger partial charge is 0.124 e. The van der Waals surface area contributed by atoms with Crippen molar-refractivity contribution in [3.05, 3.63) is 11.3 Å². The first kappa shape index (κ1) is 9.10. The number of hydrogen-bond donors (Lipinski definition) is 1. The van der Waals surface area contributed by atoms with E-state index >= 15 is 0 Å². The average molecular weight is 167 g/mol. The van der Waals surface area contributed by atoms with Gasteiger partial charge in [0.25, 0.3) is 0 Å². The molecule has 0 unspecified atom stereocenters. The molecule has 0 aliphatic heterocycles. The van der Waals surface area contributed by atoms with Crippen molar-refractivity contribution in [1.82, 2.24) is 9.78 Å². The summed E-state index contributed by atoms with van der Waals surface area (Å²) in [5.41, 5.74) is 8.01. The molecular formula is C9H17N3. The molecule has 0 aromatic carbocycles. The molecule has 1 rings (SSSR count). The topological polar surface area (TPSA) is 43.8 Å². The van der Waals surface area contributed by atoms with Crippen LogP contribution in [0, 0.1) is 13.8 Å². The number of anilines is 1. The van der Waals surface area contributed by atoms with Gasteiger partial charge in [0.05, 0.1) is 5.69 Å². The molecule has 0 atom stereocenters. The van der Waals surface area contributed by atoms with Gasteiger partial charge < -0.3 is 5.73 Å². The van der Waals surface area contributed by atoms with Gasteiger partial charge in [-0.05, 0) is 20.3 Å². The summed E-state index contributed by atoms with van der Waals surface area (Å²) < 4.78 is 1.90. The molecule has 0 amide bonds. The van der Waals surface area contributed by atoms with Gasteiger partial charge in [-0.1, -0.05) is 13.3 Å². The van der Waals surface area contributed by atoms with Crippen molar-refractivity contribution >= 4 is 5.82 Å². The van der Waals surface area contributed by atoms with Crippen LogP contribution in [0.2, 0.25) is 0 Å². The zero-order valence-electron chi connectivity index (χ0n) is 8.09. The molecular weight excluding hydrogens is 150 g/mol. The second-order valence-electron chi connectivity index (χ2n) is 3.17. The highest BCUT2D eigenvalue weighted by molar-refractivity contribution is 5.41. The number of rotatable bonds is 3. The summed E-state index contributed by atoms with van der Waals surface area (Å²) in [6.07, 6.45) is 2.32. The van der Waals surface area contributed by atoms with E-state index in [0.717, 1.165) is 30.0 Å². The van der Waals surface area contributed by atoms with Gasteiger partial charge in [-0.2, -0.15) is 5.10 Å². The lowest BCUT2D eigenvalue weighted by Crippen LogP contribution is -2.04. The van der Waals surface area contributed by atoms with Gasteiger partial charge in [0, 0.05) is 12.1 Å². The maximum Gasteiger partial charge on any atom is 0.124 e. The molecule has 0 fully saturated rings. The predicted octanol–water partition coefficient (Wildman–Crippen LogP) is 1.88. The summed E-state index contributed by atoms with van der Waals surface area (Å²) in [7, 11) is 0. The molecule has 0 saturated heterocycles. The predicted molar refractivity (Wildman–Crippen MR) is 51.0 cm³/mol. The summed E-state index contributed by atoms with van der Waals surface area (Å²) in [5, 5.41) is 4.34.